The van der Waals surface area contributed by atoms with Gasteiger partial charge in [0.1, 0.15) is 5.75 Å². The van der Waals surface area contributed by atoms with Crippen LogP contribution in [0.2, 0.25) is 0 Å². The third-order valence-electron chi connectivity index (χ3n) is 4.21. The molecule has 2 aliphatic rings. The third kappa shape index (κ3) is 2.69. The second-order valence-corrected chi connectivity index (χ2v) is 6.38. The molecule has 1 aromatic carbocycles. The van der Waals surface area contributed by atoms with Gasteiger partial charge in [-0.15, -0.1) is 0 Å². The molecule has 0 aliphatic carbocycles. The summed E-state index contributed by atoms with van der Waals surface area (Å²) in [6.07, 6.45) is 3.47. The lowest BCUT2D eigenvalue weighted by Crippen LogP contribution is -2.39. The Kier molecular flexibility index (Phi) is 3.98. The Balaban J connectivity index is 1.81. The van der Waals surface area contributed by atoms with Crippen molar-refractivity contribution in [2.75, 3.05) is 20.2 Å². The lowest BCUT2D eigenvalue weighted by Gasteiger charge is -2.25. The van der Waals surface area contributed by atoms with Gasteiger partial charge >= 0.3 is 0 Å². The average molecular weight is 339 g/mol. The van der Waals surface area contributed by atoms with Crippen LogP contribution in [0.15, 0.2) is 22.7 Å². The Labute approximate surface area is 127 Å². The Morgan fingerprint density at radius 3 is 2.95 bits per heavy atom. The number of hydrogen-bond acceptors (Lipinski definition) is 3. The molecule has 0 spiro atoms. The van der Waals surface area contributed by atoms with E-state index in [1.165, 1.54) is 12.8 Å². The first kappa shape index (κ1) is 13.9. The fourth-order valence-electron chi connectivity index (χ4n) is 3.09. The van der Waals surface area contributed by atoms with Crippen LogP contribution < -0.4 is 10.1 Å². The van der Waals surface area contributed by atoms with E-state index in [2.05, 4.69) is 21.2 Å². The van der Waals surface area contributed by atoms with Gasteiger partial charge in [0.2, 0.25) is 0 Å². The van der Waals surface area contributed by atoms with Gasteiger partial charge in [-0.1, -0.05) is 0 Å². The van der Waals surface area contributed by atoms with Crippen LogP contribution in [-0.4, -0.2) is 43.1 Å². The fourth-order valence-corrected chi connectivity index (χ4v) is 3.51. The second-order valence-electron chi connectivity index (χ2n) is 5.52. The molecule has 5 heteroatoms. The molecule has 20 heavy (non-hydrogen) atoms. The van der Waals surface area contributed by atoms with E-state index in [4.69, 9.17) is 4.74 Å². The van der Waals surface area contributed by atoms with Crippen LogP contribution in [0.25, 0.3) is 0 Å². The number of methoxy groups -OCH3 is 1. The number of amides is 1. The van der Waals surface area contributed by atoms with Crippen molar-refractivity contribution in [2.24, 2.45) is 0 Å². The molecule has 1 N–H and O–H groups in total. The van der Waals surface area contributed by atoms with Gasteiger partial charge in [0.15, 0.2) is 0 Å². The van der Waals surface area contributed by atoms with E-state index in [1.807, 2.05) is 23.1 Å². The molecule has 3 rings (SSSR count). The second kappa shape index (κ2) is 5.74. The molecule has 4 nitrogen and oxygen atoms in total. The smallest absolute Gasteiger partial charge is 0.255 e. The highest BCUT2D eigenvalue weighted by Crippen LogP contribution is 2.26. The molecular weight excluding hydrogens is 320 g/mol. The number of ether oxygens (including phenoxy) is 1. The van der Waals surface area contributed by atoms with Gasteiger partial charge in [0.25, 0.3) is 5.91 Å². The molecule has 2 bridgehead atoms. The average Bonchev–Trinajstić information content (AvgIpc) is 2.78. The van der Waals surface area contributed by atoms with E-state index in [-0.39, 0.29) is 5.91 Å². The molecule has 2 saturated heterocycles. The molecule has 2 fully saturated rings. The molecule has 1 amide bonds. The Morgan fingerprint density at radius 1 is 1.35 bits per heavy atom. The standard InChI is InChI=1S/C15H19BrN2O2/c1-20-12-4-5-14(16)13(8-12)15(19)18-7-6-10-2-3-11(9-18)17-10/h4-5,8,10-11,17H,2-3,6-7,9H2,1H3. The van der Waals surface area contributed by atoms with Crippen LogP contribution in [0, 0.1) is 0 Å². The molecule has 2 heterocycles. The molecule has 0 aromatic heterocycles. The van der Waals surface area contributed by atoms with Crippen molar-refractivity contribution in [3.63, 3.8) is 0 Å². The number of fused-ring (bicyclic) bond motifs is 2. The number of benzene rings is 1. The minimum absolute atomic E-state index is 0.0881. The molecular formula is C15H19BrN2O2. The Morgan fingerprint density at radius 2 is 2.15 bits per heavy atom. The molecule has 2 aliphatic heterocycles. The minimum atomic E-state index is 0.0881. The first-order valence-electron chi connectivity index (χ1n) is 7.06. The highest BCUT2D eigenvalue weighted by atomic mass is 79.9. The predicted molar refractivity (Wildman–Crippen MR) is 81.2 cm³/mol. The monoisotopic (exact) mass is 338 g/mol. The van der Waals surface area contributed by atoms with Gasteiger partial charge in [-0.2, -0.15) is 0 Å². The van der Waals surface area contributed by atoms with Crippen molar-refractivity contribution in [1.82, 2.24) is 10.2 Å². The van der Waals surface area contributed by atoms with E-state index in [1.54, 1.807) is 7.11 Å². The number of rotatable bonds is 2. The summed E-state index contributed by atoms with van der Waals surface area (Å²) in [5.74, 6) is 0.802. The molecule has 2 unspecified atom stereocenters. The van der Waals surface area contributed by atoms with E-state index in [0.717, 1.165) is 24.0 Å². The maximum atomic E-state index is 12.7. The van der Waals surface area contributed by atoms with Crippen molar-refractivity contribution >= 4 is 21.8 Å². The topological polar surface area (TPSA) is 41.6 Å². The number of hydrogen-bond donors (Lipinski definition) is 1. The van der Waals surface area contributed by atoms with Crippen LogP contribution in [0.1, 0.15) is 29.6 Å². The molecule has 2 atom stereocenters. The van der Waals surface area contributed by atoms with Crippen LogP contribution in [0.5, 0.6) is 5.75 Å². The first-order valence-corrected chi connectivity index (χ1v) is 7.85. The number of carbonyl (C=O) groups excluding carboxylic acids is 1. The number of nitrogens with zero attached hydrogens (tertiary/aromatic N) is 1. The predicted octanol–water partition coefficient (Wildman–Crippen LogP) is 2.42. The Bertz CT molecular complexity index is 521. The van der Waals surface area contributed by atoms with Crippen LogP contribution in [-0.2, 0) is 0 Å². The van der Waals surface area contributed by atoms with Crippen molar-refractivity contribution < 1.29 is 9.53 Å². The highest BCUT2D eigenvalue weighted by Gasteiger charge is 2.31. The lowest BCUT2D eigenvalue weighted by atomic mass is 10.1. The van der Waals surface area contributed by atoms with Gasteiger partial charge in [0.05, 0.1) is 12.7 Å². The number of nitrogens with one attached hydrogen (secondary N) is 1. The number of halogens is 1. The summed E-state index contributed by atoms with van der Waals surface area (Å²) < 4.78 is 6.04. The summed E-state index contributed by atoms with van der Waals surface area (Å²) in [5.41, 5.74) is 0.683. The van der Waals surface area contributed by atoms with E-state index in [9.17, 15) is 4.79 Å². The molecule has 1 aromatic rings. The third-order valence-corrected chi connectivity index (χ3v) is 4.91. The van der Waals surface area contributed by atoms with Crippen molar-refractivity contribution in [1.29, 1.82) is 0 Å². The van der Waals surface area contributed by atoms with E-state index in [0.29, 0.717) is 23.4 Å². The van der Waals surface area contributed by atoms with Gasteiger partial charge in [-0.3, -0.25) is 4.79 Å². The molecule has 0 saturated carbocycles. The zero-order chi connectivity index (χ0) is 14.1. The lowest BCUT2D eigenvalue weighted by molar-refractivity contribution is 0.0747. The first-order chi connectivity index (χ1) is 9.67. The summed E-state index contributed by atoms with van der Waals surface area (Å²) in [6, 6.07) is 6.58. The molecule has 108 valence electrons. The van der Waals surface area contributed by atoms with Crippen LogP contribution >= 0.6 is 15.9 Å². The zero-order valence-corrected chi connectivity index (χ0v) is 13.1. The van der Waals surface area contributed by atoms with Gasteiger partial charge in [-0.25, -0.2) is 0 Å². The summed E-state index contributed by atoms with van der Waals surface area (Å²) in [7, 11) is 1.62. The van der Waals surface area contributed by atoms with Gasteiger partial charge < -0.3 is 15.0 Å². The summed E-state index contributed by atoms with van der Waals surface area (Å²) >= 11 is 3.47. The molecule has 0 radical (unpaired) electrons. The number of carbonyl (C=O) groups is 1. The van der Waals surface area contributed by atoms with Crippen molar-refractivity contribution in [2.45, 2.75) is 31.3 Å². The maximum absolute atomic E-state index is 12.7. The summed E-state index contributed by atoms with van der Waals surface area (Å²) in [6.45, 7) is 1.63. The SMILES string of the molecule is COc1ccc(Br)c(C(=O)N2CCC3CCC(C2)N3)c1. The highest BCUT2D eigenvalue weighted by molar-refractivity contribution is 9.10. The van der Waals surface area contributed by atoms with Gasteiger partial charge in [-0.05, 0) is 53.4 Å². The maximum Gasteiger partial charge on any atom is 0.255 e. The van der Waals surface area contributed by atoms with Crippen LogP contribution in [0.4, 0.5) is 0 Å². The Hall–Kier alpha value is -1.07. The van der Waals surface area contributed by atoms with Gasteiger partial charge in [0, 0.05) is 29.6 Å². The normalized spacial score (nSPS) is 25.4. The minimum Gasteiger partial charge on any atom is -0.497 e. The van der Waals surface area contributed by atoms with Crippen LogP contribution in [0.3, 0.4) is 0 Å². The largest absolute Gasteiger partial charge is 0.497 e. The van der Waals surface area contributed by atoms with Crippen molar-refractivity contribution in [3.05, 3.63) is 28.2 Å². The summed E-state index contributed by atoms with van der Waals surface area (Å²) in [4.78, 5) is 14.7. The quantitative estimate of drug-likeness (QED) is 0.900. The zero-order valence-electron chi connectivity index (χ0n) is 11.6. The van der Waals surface area contributed by atoms with E-state index < -0.39 is 0 Å². The number of likely N-dealkylation sites (tertiary alicyclic amines) is 1. The van der Waals surface area contributed by atoms with E-state index >= 15 is 0 Å². The summed E-state index contributed by atoms with van der Waals surface area (Å²) in [5, 5.41) is 3.60. The van der Waals surface area contributed by atoms with Crippen molar-refractivity contribution in [3.8, 4) is 5.75 Å². The fraction of sp³-hybridized carbons (Fsp3) is 0.533.